The first-order valence-corrected chi connectivity index (χ1v) is 9.52. The lowest BCUT2D eigenvalue weighted by Gasteiger charge is -2.08. The minimum Gasteiger partial charge on any atom is -0.478 e. The van der Waals surface area contributed by atoms with Gasteiger partial charge in [0.15, 0.2) is 9.84 Å². The van der Waals surface area contributed by atoms with Crippen LogP contribution in [0.15, 0.2) is 65.6 Å². The molecule has 3 aromatic rings. The largest absolute Gasteiger partial charge is 0.478 e. The number of anilines is 1. The zero-order valence-corrected chi connectivity index (χ0v) is 14.6. The summed E-state index contributed by atoms with van der Waals surface area (Å²) in [5.74, 6) is -1.41. The van der Waals surface area contributed by atoms with Crippen LogP contribution in [0.1, 0.15) is 20.7 Å². The highest BCUT2D eigenvalue weighted by Gasteiger charge is 2.11. The van der Waals surface area contributed by atoms with Gasteiger partial charge in [0.05, 0.1) is 10.5 Å². The summed E-state index contributed by atoms with van der Waals surface area (Å²) in [7, 11) is -3.32. The monoisotopic (exact) mass is 369 g/mol. The SMILES string of the molecule is CS(=O)(=O)c1ccc(C(=O)Nc2ccc3ccc(C(=O)O)cc3c2)cc1. The van der Waals surface area contributed by atoms with Gasteiger partial charge in [-0.25, -0.2) is 13.2 Å². The van der Waals surface area contributed by atoms with Crippen molar-refractivity contribution in [3.8, 4) is 0 Å². The second kappa shape index (κ2) is 6.61. The van der Waals surface area contributed by atoms with Crippen molar-refractivity contribution in [1.29, 1.82) is 0 Å². The zero-order valence-electron chi connectivity index (χ0n) is 13.8. The molecule has 0 aliphatic rings. The van der Waals surface area contributed by atoms with Crippen LogP contribution in [0, 0.1) is 0 Å². The van der Waals surface area contributed by atoms with Crippen LogP contribution in [0.2, 0.25) is 0 Å². The summed E-state index contributed by atoms with van der Waals surface area (Å²) in [4.78, 5) is 23.5. The topological polar surface area (TPSA) is 101 Å². The number of fused-ring (bicyclic) bond motifs is 1. The Morgan fingerprint density at radius 3 is 2.08 bits per heavy atom. The lowest BCUT2D eigenvalue weighted by atomic mass is 10.1. The third-order valence-corrected chi connectivity index (χ3v) is 5.02. The Bertz CT molecular complexity index is 1120. The fourth-order valence-corrected chi connectivity index (χ4v) is 3.14. The van der Waals surface area contributed by atoms with E-state index in [0.717, 1.165) is 11.6 Å². The van der Waals surface area contributed by atoms with Crippen molar-refractivity contribution < 1.29 is 23.1 Å². The van der Waals surface area contributed by atoms with Gasteiger partial charge in [-0.15, -0.1) is 0 Å². The van der Waals surface area contributed by atoms with Crippen molar-refractivity contribution in [2.24, 2.45) is 0 Å². The Kier molecular flexibility index (Phi) is 4.48. The predicted octanol–water partition coefficient (Wildman–Crippen LogP) is 3.19. The second-order valence-corrected chi connectivity index (χ2v) is 7.85. The van der Waals surface area contributed by atoms with E-state index in [2.05, 4.69) is 5.32 Å². The summed E-state index contributed by atoms with van der Waals surface area (Å²) >= 11 is 0. The third-order valence-electron chi connectivity index (χ3n) is 3.89. The van der Waals surface area contributed by atoms with Crippen molar-refractivity contribution in [1.82, 2.24) is 0 Å². The third kappa shape index (κ3) is 3.73. The molecule has 132 valence electrons. The summed E-state index contributed by atoms with van der Waals surface area (Å²) in [6.07, 6.45) is 1.10. The molecule has 0 fully saturated rings. The van der Waals surface area contributed by atoms with Gasteiger partial charge in [-0.3, -0.25) is 4.79 Å². The molecule has 3 aromatic carbocycles. The summed E-state index contributed by atoms with van der Waals surface area (Å²) in [5, 5.41) is 13.3. The number of carbonyl (C=O) groups excluding carboxylic acids is 1. The summed E-state index contributed by atoms with van der Waals surface area (Å²) in [5.41, 5.74) is 0.992. The fourth-order valence-electron chi connectivity index (χ4n) is 2.51. The molecule has 2 N–H and O–H groups in total. The molecule has 0 spiro atoms. The summed E-state index contributed by atoms with van der Waals surface area (Å²) in [6, 6.07) is 15.6. The number of aromatic carboxylic acids is 1. The quantitative estimate of drug-likeness (QED) is 0.735. The van der Waals surface area contributed by atoms with E-state index < -0.39 is 21.7 Å². The van der Waals surface area contributed by atoms with Gasteiger partial charge in [0.25, 0.3) is 5.91 Å². The van der Waals surface area contributed by atoms with E-state index in [-0.39, 0.29) is 10.5 Å². The molecular formula is C19H15NO5S. The maximum atomic E-state index is 12.3. The molecule has 0 saturated heterocycles. The number of hydrogen-bond donors (Lipinski definition) is 2. The number of rotatable bonds is 4. The Labute approximate surface area is 150 Å². The molecule has 0 aliphatic carbocycles. The van der Waals surface area contributed by atoms with E-state index >= 15 is 0 Å². The molecule has 0 heterocycles. The van der Waals surface area contributed by atoms with Gasteiger partial charge in [0, 0.05) is 17.5 Å². The molecule has 0 aliphatic heterocycles. The van der Waals surface area contributed by atoms with Crippen LogP contribution in [-0.2, 0) is 9.84 Å². The van der Waals surface area contributed by atoms with Gasteiger partial charge in [-0.05, 0) is 59.3 Å². The van der Waals surface area contributed by atoms with Crippen LogP contribution in [0.3, 0.4) is 0 Å². The second-order valence-electron chi connectivity index (χ2n) is 5.83. The molecule has 7 heteroatoms. The molecule has 3 rings (SSSR count). The lowest BCUT2D eigenvalue weighted by molar-refractivity contribution is 0.0696. The predicted molar refractivity (Wildman–Crippen MR) is 98.4 cm³/mol. The van der Waals surface area contributed by atoms with Crippen LogP contribution in [0.5, 0.6) is 0 Å². The molecule has 6 nitrogen and oxygen atoms in total. The Morgan fingerprint density at radius 2 is 1.46 bits per heavy atom. The van der Waals surface area contributed by atoms with Gasteiger partial charge in [-0.2, -0.15) is 0 Å². The van der Waals surface area contributed by atoms with Gasteiger partial charge in [0.2, 0.25) is 0 Å². The molecule has 0 saturated carbocycles. The number of carboxylic acids is 1. The Hall–Kier alpha value is -3.19. The van der Waals surface area contributed by atoms with Crippen LogP contribution in [0.4, 0.5) is 5.69 Å². The van der Waals surface area contributed by atoms with Gasteiger partial charge in [0.1, 0.15) is 0 Å². The minimum absolute atomic E-state index is 0.140. The first kappa shape index (κ1) is 17.6. The molecule has 0 radical (unpaired) electrons. The fraction of sp³-hybridized carbons (Fsp3) is 0.0526. The number of nitrogens with one attached hydrogen (secondary N) is 1. The highest BCUT2D eigenvalue weighted by atomic mass is 32.2. The van der Waals surface area contributed by atoms with E-state index in [1.807, 2.05) is 0 Å². The average molecular weight is 369 g/mol. The van der Waals surface area contributed by atoms with E-state index in [1.54, 1.807) is 24.3 Å². The average Bonchev–Trinajstić information content (AvgIpc) is 2.60. The summed E-state index contributed by atoms with van der Waals surface area (Å²) in [6.45, 7) is 0. The zero-order chi connectivity index (χ0) is 18.9. The van der Waals surface area contributed by atoms with Crippen molar-refractivity contribution >= 4 is 38.2 Å². The molecule has 1 amide bonds. The Balaban J connectivity index is 1.85. The normalized spacial score (nSPS) is 11.3. The van der Waals surface area contributed by atoms with Crippen LogP contribution in [0.25, 0.3) is 10.8 Å². The van der Waals surface area contributed by atoms with Crippen molar-refractivity contribution in [2.75, 3.05) is 11.6 Å². The molecule has 0 atom stereocenters. The van der Waals surface area contributed by atoms with Gasteiger partial charge < -0.3 is 10.4 Å². The number of sulfone groups is 1. The van der Waals surface area contributed by atoms with Gasteiger partial charge in [-0.1, -0.05) is 12.1 Å². The molecular weight excluding hydrogens is 354 g/mol. The van der Waals surface area contributed by atoms with Crippen LogP contribution < -0.4 is 5.32 Å². The smallest absolute Gasteiger partial charge is 0.335 e. The van der Waals surface area contributed by atoms with Crippen molar-refractivity contribution in [3.05, 3.63) is 71.8 Å². The number of benzene rings is 3. The number of carbonyl (C=O) groups is 2. The van der Waals surface area contributed by atoms with Crippen LogP contribution >= 0.6 is 0 Å². The van der Waals surface area contributed by atoms with Crippen LogP contribution in [-0.4, -0.2) is 31.7 Å². The minimum atomic E-state index is -3.32. The first-order chi connectivity index (χ1) is 12.2. The maximum absolute atomic E-state index is 12.3. The Morgan fingerprint density at radius 1 is 0.846 bits per heavy atom. The molecule has 0 unspecified atom stereocenters. The molecule has 0 aromatic heterocycles. The lowest BCUT2D eigenvalue weighted by Crippen LogP contribution is -2.12. The van der Waals surface area contributed by atoms with E-state index in [4.69, 9.17) is 5.11 Å². The first-order valence-electron chi connectivity index (χ1n) is 7.62. The van der Waals surface area contributed by atoms with Crippen molar-refractivity contribution in [3.63, 3.8) is 0 Å². The maximum Gasteiger partial charge on any atom is 0.335 e. The van der Waals surface area contributed by atoms with Gasteiger partial charge >= 0.3 is 5.97 Å². The molecule has 0 bridgehead atoms. The number of carboxylic acid groups (broad SMARTS) is 1. The standard InChI is InChI=1S/C19H15NO5S/c1-26(24,25)17-8-5-13(6-9-17)18(21)20-16-7-4-12-2-3-14(19(22)23)10-15(12)11-16/h2-11H,1H3,(H,20,21)(H,22,23). The van der Waals surface area contributed by atoms with E-state index in [9.17, 15) is 18.0 Å². The highest BCUT2D eigenvalue weighted by molar-refractivity contribution is 7.90. The molecule has 26 heavy (non-hydrogen) atoms. The van der Waals surface area contributed by atoms with E-state index in [0.29, 0.717) is 16.6 Å². The van der Waals surface area contributed by atoms with Crippen molar-refractivity contribution in [2.45, 2.75) is 4.90 Å². The van der Waals surface area contributed by atoms with E-state index in [1.165, 1.54) is 36.4 Å². The highest BCUT2D eigenvalue weighted by Crippen LogP contribution is 2.21. The summed E-state index contributed by atoms with van der Waals surface area (Å²) < 4.78 is 22.9. The number of hydrogen-bond acceptors (Lipinski definition) is 4. The number of amides is 1.